The van der Waals surface area contributed by atoms with Gasteiger partial charge in [-0.05, 0) is 36.4 Å². The van der Waals surface area contributed by atoms with Gasteiger partial charge in [0, 0.05) is 10.6 Å². The van der Waals surface area contributed by atoms with Crippen LogP contribution in [0.3, 0.4) is 0 Å². The summed E-state index contributed by atoms with van der Waals surface area (Å²) in [5, 5.41) is 0.323. The summed E-state index contributed by atoms with van der Waals surface area (Å²) in [6.07, 6.45) is -3.37. The van der Waals surface area contributed by atoms with Crippen LogP contribution in [0.1, 0.15) is 10.4 Å². The summed E-state index contributed by atoms with van der Waals surface area (Å²) >= 11 is 5.77. The molecule has 1 atom stereocenters. The summed E-state index contributed by atoms with van der Waals surface area (Å²) in [7, 11) is -4.18. The van der Waals surface area contributed by atoms with Crippen molar-refractivity contribution in [2.75, 3.05) is 10.8 Å². The number of sulfonamides is 1. The second-order valence-electron chi connectivity index (χ2n) is 5.63. The van der Waals surface area contributed by atoms with Crippen LogP contribution >= 0.6 is 11.6 Å². The average Bonchev–Trinajstić information content (AvgIpc) is 2.62. The van der Waals surface area contributed by atoms with Crippen molar-refractivity contribution in [3.8, 4) is 0 Å². The molecule has 1 unspecified atom stereocenters. The first-order valence-corrected chi connectivity index (χ1v) is 9.28. The lowest BCUT2D eigenvalue weighted by Gasteiger charge is -2.33. The van der Waals surface area contributed by atoms with Gasteiger partial charge in [0.05, 0.1) is 17.1 Å². The van der Waals surface area contributed by atoms with E-state index in [0.29, 0.717) is 5.02 Å². The van der Waals surface area contributed by atoms with Crippen LogP contribution in [0, 0.1) is 5.92 Å². The lowest BCUT2D eigenvalue weighted by Crippen LogP contribution is -2.47. The monoisotopic (exact) mass is 399 g/mol. The molecule has 1 aliphatic rings. The van der Waals surface area contributed by atoms with Crippen molar-refractivity contribution < 1.29 is 26.8 Å². The molecule has 26 heavy (non-hydrogen) atoms. The van der Waals surface area contributed by atoms with Gasteiger partial charge in [0.2, 0.25) is 5.78 Å². The summed E-state index contributed by atoms with van der Waals surface area (Å²) in [5.74, 6) is -4.17. The molecule has 0 saturated heterocycles. The van der Waals surface area contributed by atoms with Crippen molar-refractivity contribution in [2.24, 2.45) is 5.92 Å². The maximum atomic E-state index is 13.0. The normalized spacial score (nSPS) is 17.3. The highest BCUT2D eigenvalue weighted by atomic mass is 35.5. The second kappa shape index (κ2) is 6.77. The molecule has 1 heterocycles. The fourth-order valence-corrected chi connectivity index (χ4v) is 4.39. The molecule has 0 radical (unpaired) electrons. The van der Waals surface area contributed by atoms with Crippen LogP contribution in [0.25, 0.3) is 0 Å². The number of para-hydroxylation sites is 1. The molecule has 3 rings (SSSR count). The molecular formula is C17H12ClF2NO4S. The summed E-state index contributed by atoms with van der Waals surface area (Å²) in [4.78, 5) is 24.1. The Morgan fingerprint density at radius 2 is 1.73 bits per heavy atom. The first-order valence-electron chi connectivity index (χ1n) is 7.47. The molecule has 0 bridgehead atoms. The largest absolute Gasteiger partial charge is 0.296 e. The minimum Gasteiger partial charge on any atom is -0.293 e. The number of nitrogens with zero attached hydrogens (tertiary/aromatic N) is 1. The van der Waals surface area contributed by atoms with Crippen molar-refractivity contribution in [2.45, 2.75) is 11.3 Å². The number of alkyl halides is 2. The van der Waals surface area contributed by atoms with Gasteiger partial charge in [0.25, 0.3) is 16.4 Å². The molecule has 0 N–H and O–H groups in total. The highest BCUT2D eigenvalue weighted by molar-refractivity contribution is 7.92. The molecule has 0 saturated carbocycles. The Kier molecular flexibility index (Phi) is 4.81. The standard InChI is InChI=1S/C17H12ClF2NO4S/c18-10-5-7-11(8-6-10)26(24,25)21-9-13(16(23)17(19)20)15(22)12-3-1-2-4-14(12)21/h1-8,13,17H,9H2. The minimum atomic E-state index is -4.18. The van der Waals surface area contributed by atoms with Crippen LogP contribution in [-0.2, 0) is 14.8 Å². The van der Waals surface area contributed by atoms with E-state index in [9.17, 15) is 26.8 Å². The van der Waals surface area contributed by atoms with E-state index in [1.807, 2.05) is 0 Å². The number of hydrogen-bond donors (Lipinski definition) is 0. The molecule has 0 amide bonds. The maximum absolute atomic E-state index is 13.0. The van der Waals surface area contributed by atoms with E-state index < -0.39 is 40.5 Å². The SMILES string of the molecule is O=C1c2ccccc2N(S(=O)(=O)c2ccc(Cl)cc2)CC1C(=O)C(F)F. The third kappa shape index (κ3) is 3.10. The number of anilines is 1. The number of carbonyl (C=O) groups is 2. The highest BCUT2D eigenvalue weighted by Gasteiger charge is 2.43. The van der Waals surface area contributed by atoms with Gasteiger partial charge in [-0.25, -0.2) is 17.2 Å². The van der Waals surface area contributed by atoms with Crippen molar-refractivity contribution in [1.29, 1.82) is 0 Å². The van der Waals surface area contributed by atoms with Crippen LogP contribution in [0.15, 0.2) is 53.4 Å². The molecule has 0 fully saturated rings. The molecule has 2 aromatic carbocycles. The number of benzene rings is 2. The van der Waals surface area contributed by atoms with Gasteiger partial charge in [-0.1, -0.05) is 23.7 Å². The van der Waals surface area contributed by atoms with E-state index in [1.54, 1.807) is 0 Å². The van der Waals surface area contributed by atoms with Gasteiger partial charge in [-0.15, -0.1) is 0 Å². The predicted octanol–water partition coefficient (Wildman–Crippen LogP) is 3.18. The Morgan fingerprint density at radius 3 is 2.35 bits per heavy atom. The van der Waals surface area contributed by atoms with Gasteiger partial charge >= 0.3 is 0 Å². The Labute approximate surface area is 153 Å². The van der Waals surface area contributed by atoms with Crippen LogP contribution in [-0.4, -0.2) is 33.0 Å². The molecule has 1 aliphatic heterocycles. The van der Waals surface area contributed by atoms with Crippen molar-refractivity contribution in [3.63, 3.8) is 0 Å². The number of ketones is 2. The Morgan fingerprint density at radius 1 is 1.12 bits per heavy atom. The molecule has 9 heteroatoms. The predicted molar refractivity (Wildman–Crippen MR) is 91.3 cm³/mol. The lowest BCUT2D eigenvalue weighted by atomic mass is 9.89. The fraction of sp³-hybridized carbons (Fsp3) is 0.176. The third-order valence-corrected chi connectivity index (χ3v) is 6.11. The van der Waals surface area contributed by atoms with Gasteiger partial charge < -0.3 is 0 Å². The van der Waals surface area contributed by atoms with Crippen LogP contribution in [0.2, 0.25) is 5.02 Å². The maximum Gasteiger partial charge on any atom is 0.296 e. The highest BCUT2D eigenvalue weighted by Crippen LogP contribution is 2.35. The quantitative estimate of drug-likeness (QED) is 0.740. The van der Waals surface area contributed by atoms with Crippen LogP contribution in [0.4, 0.5) is 14.5 Å². The number of fused-ring (bicyclic) bond motifs is 1. The third-order valence-electron chi connectivity index (χ3n) is 4.06. The Hall–Kier alpha value is -2.32. The van der Waals surface area contributed by atoms with Gasteiger partial charge in [-0.3, -0.25) is 13.9 Å². The zero-order chi connectivity index (χ0) is 19.1. The molecule has 2 aromatic rings. The zero-order valence-electron chi connectivity index (χ0n) is 13.1. The molecule has 0 spiro atoms. The van der Waals surface area contributed by atoms with E-state index in [0.717, 1.165) is 4.31 Å². The van der Waals surface area contributed by atoms with Crippen molar-refractivity contribution in [1.82, 2.24) is 0 Å². The minimum absolute atomic E-state index is 0.0470. The fourth-order valence-electron chi connectivity index (χ4n) is 2.77. The number of carbonyl (C=O) groups excluding carboxylic acids is 2. The van der Waals surface area contributed by atoms with Crippen LogP contribution < -0.4 is 4.31 Å². The summed E-state index contributed by atoms with van der Waals surface area (Å²) in [6, 6.07) is 11.0. The molecule has 0 aromatic heterocycles. The first kappa shape index (κ1) is 18.5. The molecule has 0 aliphatic carbocycles. The molecular weight excluding hydrogens is 388 g/mol. The van der Waals surface area contributed by atoms with E-state index in [1.165, 1.54) is 48.5 Å². The lowest BCUT2D eigenvalue weighted by molar-refractivity contribution is -0.131. The second-order valence-corrected chi connectivity index (χ2v) is 7.93. The molecule has 5 nitrogen and oxygen atoms in total. The first-order chi connectivity index (χ1) is 12.2. The smallest absolute Gasteiger partial charge is 0.293 e. The van der Waals surface area contributed by atoms with Gasteiger partial charge in [0.15, 0.2) is 5.78 Å². The zero-order valence-corrected chi connectivity index (χ0v) is 14.7. The number of Topliss-reactive ketones (excluding diaryl/α,β-unsaturated/α-hetero) is 2. The Bertz CT molecular complexity index is 977. The van der Waals surface area contributed by atoms with E-state index in [-0.39, 0.29) is 16.1 Å². The van der Waals surface area contributed by atoms with E-state index in [2.05, 4.69) is 0 Å². The summed E-state index contributed by atoms with van der Waals surface area (Å²) < 4.78 is 52.5. The summed E-state index contributed by atoms with van der Waals surface area (Å²) in [6.45, 7) is -0.677. The Balaban J connectivity index is 2.13. The number of halogens is 3. The van der Waals surface area contributed by atoms with Gasteiger partial charge in [-0.2, -0.15) is 0 Å². The van der Waals surface area contributed by atoms with Crippen molar-refractivity contribution >= 4 is 38.9 Å². The van der Waals surface area contributed by atoms with E-state index >= 15 is 0 Å². The van der Waals surface area contributed by atoms with E-state index in [4.69, 9.17) is 11.6 Å². The topological polar surface area (TPSA) is 71.5 Å². The van der Waals surface area contributed by atoms with Crippen molar-refractivity contribution in [3.05, 3.63) is 59.1 Å². The van der Waals surface area contributed by atoms with Crippen LogP contribution in [0.5, 0.6) is 0 Å². The number of hydrogen-bond acceptors (Lipinski definition) is 4. The average molecular weight is 400 g/mol. The summed E-state index contributed by atoms with van der Waals surface area (Å²) in [5.41, 5.74) is -0.0407. The molecule has 136 valence electrons. The van der Waals surface area contributed by atoms with Gasteiger partial charge in [0.1, 0.15) is 5.92 Å². The number of rotatable bonds is 4.